The van der Waals surface area contributed by atoms with Crippen molar-refractivity contribution in [2.45, 2.75) is 13.0 Å². The van der Waals surface area contributed by atoms with Crippen LogP contribution in [0.1, 0.15) is 27.9 Å². The second-order valence-electron chi connectivity index (χ2n) is 5.28. The molecule has 0 amide bonds. The first-order valence-corrected chi connectivity index (χ1v) is 6.94. The molecule has 2 nitrogen and oxygen atoms in total. The lowest BCUT2D eigenvalue weighted by molar-refractivity contribution is 0.103. The smallest absolute Gasteiger partial charge is 0.193 e. The van der Waals surface area contributed by atoms with Crippen LogP contribution in [0.5, 0.6) is 0 Å². The molecule has 0 atom stereocenters. The SMILES string of the molecule is O=C(c1ccc(CN2CCC2)cc1)c1ccc(F)c(F)c1. The number of benzene rings is 2. The molecule has 21 heavy (non-hydrogen) atoms. The first kappa shape index (κ1) is 13.9. The predicted molar refractivity (Wildman–Crippen MR) is 76.1 cm³/mol. The molecule has 0 unspecified atom stereocenters. The minimum atomic E-state index is -1.00. The second kappa shape index (κ2) is 5.74. The quantitative estimate of drug-likeness (QED) is 0.803. The number of hydrogen-bond acceptors (Lipinski definition) is 2. The van der Waals surface area contributed by atoms with Crippen LogP contribution < -0.4 is 0 Å². The Bertz CT molecular complexity index is 663. The number of nitrogens with zero attached hydrogens (tertiary/aromatic N) is 1. The molecular formula is C17H15F2NO. The van der Waals surface area contributed by atoms with Crippen molar-refractivity contribution in [3.63, 3.8) is 0 Å². The van der Waals surface area contributed by atoms with E-state index >= 15 is 0 Å². The number of likely N-dealkylation sites (tertiary alicyclic amines) is 1. The van der Waals surface area contributed by atoms with Gasteiger partial charge in [-0.1, -0.05) is 24.3 Å². The standard InChI is InChI=1S/C17H15F2NO/c18-15-7-6-14(10-16(15)19)17(21)13-4-2-12(3-5-13)11-20-8-1-9-20/h2-7,10H,1,8-9,11H2. The maximum atomic E-state index is 13.2. The third kappa shape index (κ3) is 3.00. The Labute approximate surface area is 122 Å². The maximum absolute atomic E-state index is 13.2. The van der Waals surface area contributed by atoms with Crippen LogP contribution >= 0.6 is 0 Å². The Morgan fingerprint density at radius 3 is 2.19 bits per heavy atom. The van der Waals surface area contributed by atoms with Crippen LogP contribution in [-0.2, 0) is 6.54 Å². The van der Waals surface area contributed by atoms with E-state index in [0.29, 0.717) is 5.56 Å². The summed E-state index contributed by atoms with van der Waals surface area (Å²) in [4.78, 5) is 14.5. The zero-order chi connectivity index (χ0) is 14.8. The highest BCUT2D eigenvalue weighted by molar-refractivity contribution is 6.08. The van der Waals surface area contributed by atoms with Gasteiger partial charge in [-0.15, -0.1) is 0 Å². The van der Waals surface area contributed by atoms with Gasteiger partial charge in [-0.3, -0.25) is 9.69 Å². The number of ketones is 1. The van der Waals surface area contributed by atoms with Gasteiger partial charge in [0.2, 0.25) is 0 Å². The highest BCUT2D eigenvalue weighted by atomic mass is 19.2. The molecule has 0 aromatic heterocycles. The van der Waals surface area contributed by atoms with Crippen LogP contribution in [0.2, 0.25) is 0 Å². The minimum absolute atomic E-state index is 0.157. The number of carbonyl (C=O) groups is 1. The summed E-state index contributed by atoms with van der Waals surface area (Å²) in [6.07, 6.45) is 1.24. The van der Waals surface area contributed by atoms with Crippen LogP contribution in [0.3, 0.4) is 0 Å². The fraction of sp³-hybridized carbons (Fsp3) is 0.235. The minimum Gasteiger partial charge on any atom is -0.299 e. The van der Waals surface area contributed by atoms with Gasteiger partial charge >= 0.3 is 0 Å². The van der Waals surface area contributed by atoms with Crippen molar-refractivity contribution in [3.8, 4) is 0 Å². The zero-order valence-corrected chi connectivity index (χ0v) is 11.5. The fourth-order valence-corrected chi connectivity index (χ4v) is 2.36. The Hall–Kier alpha value is -2.07. The molecule has 1 heterocycles. The van der Waals surface area contributed by atoms with E-state index in [4.69, 9.17) is 0 Å². The molecular weight excluding hydrogens is 272 g/mol. The summed E-state index contributed by atoms with van der Waals surface area (Å²) >= 11 is 0. The topological polar surface area (TPSA) is 20.3 Å². The molecule has 3 rings (SSSR count). The zero-order valence-electron chi connectivity index (χ0n) is 11.5. The van der Waals surface area contributed by atoms with Crippen molar-refractivity contribution in [2.75, 3.05) is 13.1 Å². The van der Waals surface area contributed by atoms with Crippen molar-refractivity contribution in [3.05, 3.63) is 70.8 Å². The number of rotatable bonds is 4. The predicted octanol–water partition coefficient (Wildman–Crippen LogP) is 3.40. The molecule has 1 aliphatic heterocycles. The summed E-state index contributed by atoms with van der Waals surface area (Å²) in [5.74, 6) is -2.25. The second-order valence-corrected chi connectivity index (χ2v) is 5.28. The van der Waals surface area contributed by atoms with Gasteiger partial charge < -0.3 is 0 Å². The van der Waals surface area contributed by atoms with Crippen LogP contribution in [0, 0.1) is 11.6 Å². The monoisotopic (exact) mass is 287 g/mol. The number of halogens is 2. The molecule has 0 bridgehead atoms. The van der Waals surface area contributed by atoms with E-state index < -0.39 is 11.6 Å². The Morgan fingerprint density at radius 1 is 0.952 bits per heavy atom. The Morgan fingerprint density at radius 2 is 1.62 bits per heavy atom. The summed E-state index contributed by atoms with van der Waals surface area (Å²) in [7, 11) is 0. The molecule has 0 saturated carbocycles. The average molecular weight is 287 g/mol. The van der Waals surface area contributed by atoms with E-state index in [0.717, 1.165) is 37.3 Å². The third-order valence-corrected chi connectivity index (χ3v) is 3.75. The molecule has 2 aromatic rings. The average Bonchev–Trinajstić information content (AvgIpc) is 2.46. The van der Waals surface area contributed by atoms with Gasteiger partial charge in [0.05, 0.1) is 0 Å². The summed E-state index contributed by atoms with van der Waals surface area (Å²) in [5, 5.41) is 0. The van der Waals surface area contributed by atoms with E-state index in [1.54, 1.807) is 12.1 Å². The van der Waals surface area contributed by atoms with Crippen molar-refractivity contribution in [2.24, 2.45) is 0 Å². The fourth-order valence-electron chi connectivity index (χ4n) is 2.36. The molecule has 1 fully saturated rings. The number of hydrogen-bond donors (Lipinski definition) is 0. The molecule has 108 valence electrons. The normalized spacial score (nSPS) is 14.8. The van der Waals surface area contributed by atoms with Crippen LogP contribution in [0.4, 0.5) is 8.78 Å². The van der Waals surface area contributed by atoms with Gasteiger partial charge in [0.1, 0.15) is 0 Å². The largest absolute Gasteiger partial charge is 0.299 e. The molecule has 1 aliphatic rings. The Balaban J connectivity index is 1.75. The van der Waals surface area contributed by atoms with Crippen LogP contribution in [0.25, 0.3) is 0 Å². The lowest BCUT2D eigenvalue weighted by Crippen LogP contribution is -2.36. The molecule has 1 saturated heterocycles. The van der Waals surface area contributed by atoms with Crippen molar-refractivity contribution >= 4 is 5.78 Å². The highest BCUT2D eigenvalue weighted by Crippen LogP contribution is 2.16. The summed E-state index contributed by atoms with van der Waals surface area (Å²) < 4.78 is 26.1. The maximum Gasteiger partial charge on any atom is 0.193 e. The van der Waals surface area contributed by atoms with Crippen LogP contribution in [0.15, 0.2) is 42.5 Å². The lowest BCUT2D eigenvalue weighted by Gasteiger charge is -2.30. The molecule has 4 heteroatoms. The molecule has 2 aromatic carbocycles. The van der Waals surface area contributed by atoms with E-state index in [1.807, 2.05) is 12.1 Å². The summed E-state index contributed by atoms with van der Waals surface area (Å²) in [6, 6.07) is 10.5. The van der Waals surface area contributed by atoms with Gasteiger partial charge in [0, 0.05) is 17.7 Å². The number of carbonyl (C=O) groups excluding carboxylic acids is 1. The Kier molecular flexibility index (Phi) is 3.80. The van der Waals surface area contributed by atoms with E-state index in [1.165, 1.54) is 12.5 Å². The summed E-state index contributed by atoms with van der Waals surface area (Å²) in [5.41, 5.74) is 1.79. The molecule has 0 spiro atoms. The third-order valence-electron chi connectivity index (χ3n) is 3.75. The van der Waals surface area contributed by atoms with Crippen LogP contribution in [-0.4, -0.2) is 23.8 Å². The molecule has 0 N–H and O–H groups in total. The van der Waals surface area contributed by atoms with Crippen molar-refractivity contribution < 1.29 is 13.6 Å². The highest BCUT2D eigenvalue weighted by Gasteiger charge is 2.15. The lowest BCUT2D eigenvalue weighted by atomic mass is 10.0. The summed E-state index contributed by atoms with van der Waals surface area (Å²) in [6.45, 7) is 3.13. The van der Waals surface area contributed by atoms with E-state index in [2.05, 4.69) is 4.90 Å². The van der Waals surface area contributed by atoms with Gasteiger partial charge in [0.15, 0.2) is 17.4 Å². The van der Waals surface area contributed by atoms with Crippen molar-refractivity contribution in [1.29, 1.82) is 0 Å². The van der Waals surface area contributed by atoms with Gasteiger partial charge in [-0.25, -0.2) is 8.78 Å². The molecule has 0 aliphatic carbocycles. The van der Waals surface area contributed by atoms with Gasteiger partial charge in [-0.2, -0.15) is 0 Å². The molecule has 0 radical (unpaired) electrons. The van der Waals surface area contributed by atoms with Crippen molar-refractivity contribution in [1.82, 2.24) is 4.90 Å². The van der Waals surface area contributed by atoms with E-state index in [9.17, 15) is 13.6 Å². The van der Waals surface area contributed by atoms with Gasteiger partial charge in [-0.05, 0) is 43.3 Å². The first-order valence-electron chi connectivity index (χ1n) is 6.94. The first-order chi connectivity index (χ1) is 10.1. The van der Waals surface area contributed by atoms with Gasteiger partial charge in [0.25, 0.3) is 0 Å². The van der Waals surface area contributed by atoms with E-state index in [-0.39, 0.29) is 11.3 Å².